The minimum absolute atomic E-state index is 0.464. The monoisotopic (exact) mass is 241 g/mol. The molecular weight excluding hydrogens is 218 g/mol. The maximum Gasteiger partial charge on any atom is -0.00131 e. The highest BCUT2D eigenvalue weighted by molar-refractivity contribution is 5.34. The highest BCUT2D eigenvalue weighted by Gasteiger charge is 2.54. The largest absolute Gasteiger partial charge is 0.317 e. The summed E-state index contributed by atoms with van der Waals surface area (Å²) in [5.41, 5.74) is 3.59. The molecule has 1 aromatic carbocycles. The van der Waals surface area contributed by atoms with Gasteiger partial charge < -0.3 is 5.32 Å². The van der Waals surface area contributed by atoms with Crippen LogP contribution in [0.5, 0.6) is 0 Å². The smallest absolute Gasteiger partial charge is 0.00131 e. The van der Waals surface area contributed by atoms with E-state index < -0.39 is 0 Å². The van der Waals surface area contributed by atoms with Gasteiger partial charge in [0.2, 0.25) is 0 Å². The van der Waals surface area contributed by atoms with E-state index in [0.717, 1.165) is 5.92 Å². The van der Waals surface area contributed by atoms with Crippen molar-refractivity contribution in [3.8, 4) is 0 Å². The Kier molecular flexibility index (Phi) is 3.03. The summed E-state index contributed by atoms with van der Waals surface area (Å²) >= 11 is 0. The van der Waals surface area contributed by atoms with Crippen molar-refractivity contribution in [1.29, 1.82) is 0 Å². The maximum absolute atomic E-state index is 3.87. The number of nitrogens with one attached hydrogen (secondary N) is 1. The van der Waals surface area contributed by atoms with Crippen molar-refractivity contribution < 1.29 is 0 Å². The van der Waals surface area contributed by atoms with E-state index in [1.165, 1.54) is 37.9 Å². The summed E-state index contributed by atoms with van der Waals surface area (Å²) in [5, 5.41) is 3.47. The van der Waals surface area contributed by atoms with Gasteiger partial charge in [0.25, 0.3) is 0 Å². The molecule has 1 nitrogen and oxygen atoms in total. The maximum atomic E-state index is 3.87. The SMILES string of the molecule is C=CC(C)c1ccc(C2CC23CCNCC3)cc1. The minimum atomic E-state index is 0.464. The Morgan fingerprint density at radius 1 is 1.28 bits per heavy atom. The van der Waals surface area contributed by atoms with Crippen molar-refractivity contribution in [2.45, 2.75) is 38.0 Å². The minimum Gasteiger partial charge on any atom is -0.317 e. The van der Waals surface area contributed by atoms with E-state index in [-0.39, 0.29) is 0 Å². The lowest BCUT2D eigenvalue weighted by molar-refractivity contribution is 0.342. The van der Waals surface area contributed by atoms with E-state index in [9.17, 15) is 0 Å². The second-order valence-corrected chi connectivity index (χ2v) is 6.06. The van der Waals surface area contributed by atoms with Crippen LogP contribution in [-0.2, 0) is 0 Å². The van der Waals surface area contributed by atoms with Crippen LogP contribution >= 0.6 is 0 Å². The van der Waals surface area contributed by atoms with Crippen LogP contribution in [0.25, 0.3) is 0 Å². The summed E-state index contributed by atoms with van der Waals surface area (Å²) in [6.07, 6.45) is 6.15. The Hall–Kier alpha value is -1.08. The van der Waals surface area contributed by atoms with Crippen molar-refractivity contribution in [2.75, 3.05) is 13.1 Å². The van der Waals surface area contributed by atoms with Gasteiger partial charge in [-0.3, -0.25) is 0 Å². The molecule has 1 N–H and O–H groups in total. The normalized spacial score (nSPS) is 26.8. The van der Waals surface area contributed by atoms with Gasteiger partial charge in [-0.1, -0.05) is 37.3 Å². The molecule has 3 rings (SSSR count). The Labute approximate surface area is 110 Å². The molecule has 2 unspecified atom stereocenters. The molecule has 18 heavy (non-hydrogen) atoms. The van der Waals surface area contributed by atoms with Crippen molar-refractivity contribution in [3.05, 3.63) is 48.0 Å². The zero-order chi connectivity index (χ0) is 12.6. The molecule has 1 saturated carbocycles. The summed E-state index contributed by atoms with van der Waals surface area (Å²) in [4.78, 5) is 0. The molecular formula is C17H23N. The zero-order valence-corrected chi connectivity index (χ0v) is 11.3. The molecule has 1 heterocycles. The first kappa shape index (κ1) is 12.0. The quantitative estimate of drug-likeness (QED) is 0.793. The van der Waals surface area contributed by atoms with Crippen molar-refractivity contribution >= 4 is 0 Å². The van der Waals surface area contributed by atoms with E-state index in [2.05, 4.69) is 43.1 Å². The van der Waals surface area contributed by atoms with Crippen LogP contribution in [0.15, 0.2) is 36.9 Å². The van der Waals surface area contributed by atoms with Crippen LogP contribution in [-0.4, -0.2) is 13.1 Å². The predicted octanol–water partition coefficient (Wildman–Crippen LogP) is 3.83. The molecule has 1 aliphatic heterocycles. The lowest BCUT2D eigenvalue weighted by Crippen LogP contribution is -2.29. The third-order valence-electron chi connectivity index (χ3n) is 5.01. The first-order valence-electron chi connectivity index (χ1n) is 7.18. The summed E-state index contributed by atoms with van der Waals surface area (Å²) in [6, 6.07) is 9.26. The second kappa shape index (κ2) is 4.55. The number of piperidine rings is 1. The van der Waals surface area contributed by atoms with Crippen LogP contribution in [0.4, 0.5) is 0 Å². The highest BCUT2D eigenvalue weighted by Crippen LogP contribution is 2.64. The molecule has 96 valence electrons. The summed E-state index contributed by atoms with van der Waals surface area (Å²) in [7, 11) is 0. The van der Waals surface area contributed by atoms with E-state index in [0.29, 0.717) is 11.3 Å². The first-order valence-corrected chi connectivity index (χ1v) is 7.18. The first-order chi connectivity index (χ1) is 8.75. The van der Waals surface area contributed by atoms with Gasteiger partial charge in [0.15, 0.2) is 0 Å². The molecule has 1 saturated heterocycles. The van der Waals surface area contributed by atoms with Crippen LogP contribution in [0, 0.1) is 5.41 Å². The zero-order valence-electron chi connectivity index (χ0n) is 11.3. The van der Waals surface area contributed by atoms with Gasteiger partial charge in [-0.2, -0.15) is 0 Å². The fourth-order valence-electron chi connectivity index (χ4n) is 3.46. The van der Waals surface area contributed by atoms with Crippen LogP contribution < -0.4 is 5.32 Å². The second-order valence-electron chi connectivity index (χ2n) is 6.06. The van der Waals surface area contributed by atoms with Crippen molar-refractivity contribution in [2.24, 2.45) is 5.41 Å². The Morgan fingerprint density at radius 3 is 2.56 bits per heavy atom. The van der Waals surface area contributed by atoms with E-state index in [4.69, 9.17) is 0 Å². The lowest BCUT2D eigenvalue weighted by Gasteiger charge is -2.23. The summed E-state index contributed by atoms with van der Waals surface area (Å²) < 4.78 is 0. The number of benzene rings is 1. The van der Waals surface area contributed by atoms with E-state index >= 15 is 0 Å². The third-order valence-corrected chi connectivity index (χ3v) is 5.01. The van der Waals surface area contributed by atoms with Crippen LogP contribution in [0.2, 0.25) is 0 Å². The predicted molar refractivity (Wildman–Crippen MR) is 76.9 cm³/mol. The number of hydrogen-bond donors (Lipinski definition) is 1. The average molecular weight is 241 g/mol. The third kappa shape index (κ3) is 2.01. The fourth-order valence-corrected chi connectivity index (χ4v) is 3.46. The van der Waals surface area contributed by atoms with Gasteiger partial charge in [-0.05, 0) is 60.7 Å². The van der Waals surface area contributed by atoms with Gasteiger partial charge in [-0.25, -0.2) is 0 Å². The number of rotatable bonds is 3. The fraction of sp³-hybridized carbons (Fsp3) is 0.529. The van der Waals surface area contributed by atoms with Crippen molar-refractivity contribution in [3.63, 3.8) is 0 Å². The molecule has 1 heteroatoms. The molecule has 0 bridgehead atoms. The molecule has 0 amide bonds. The van der Waals surface area contributed by atoms with Crippen molar-refractivity contribution in [1.82, 2.24) is 5.32 Å². The summed E-state index contributed by atoms with van der Waals surface area (Å²) in [5.74, 6) is 1.29. The molecule has 1 aromatic rings. The van der Waals surface area contributed by atoms with Gasteiger partial charge in [0.1, 0.15) is 0 Å². The number of hydrogen-bond acceptors (Lipinski definition) is 1. The Morgan fingerprint density at radius 2 is 1.94 bits per heavy atom. The highest BCUT2D eigenvalue weighted by atomic mass is 14.9. The standard InChI is InChI=1S/C17H23N/c1-3-13(2)14-4-6-15(7-5-14)16-12-17(16)8-10-18-11-9-17/h3-7,13,16,18H,1,8-12H2,2H3. The average Bonchev–Trinajstić information content (AvgIpc) is 3.12. The van der Waals surface area contributed by atoms with Gasteiger partial charge in [-0.15, -0.1) is 6.58 Å². The van der Waals surface area contributed by atoms with Gasteiger partial charge in [0.05, 0.1) is 0 Å². The van der Waals surface area contributed by atoms with Crippen LogP contribution in [0.1, 0.15) is 49.1 Å². The van der Waals surface area contributed by atoms with E-state index in [1.807, 2.05) is 6.08 Å². The Balaban J connectivity index is 1.73. The summed E-state index contributed by atoms with van der Waals surface area (Å²) in [6.45, 7) is 8.49. The topological polar surface area (TPSA) is 12.0 Å². The lowest BCUT2D eigenvalue weighted by atomic mass is 9.89. The van der Waals surface area contributed by atoms with Gasteiger partial charge >= 0.3 is 0 Å². The molecule has 2 atom stereocenters. The molecule has 2 fully saturated rings. The number of allylic oxidation sites excluding steroid dienone is 1. The molecule has 2 aliphatic rings. The molecule has 1 spiro atoms. The Bertz CT molecular complexity index is 425. The molecule has 0 aromatic heterocycles. The molecule has 1 aliphatic carbocycles. The van der Waals surface area contributed by atoms with Crippen LogP contribution in [0.3, 0.4) is 0 Å². The van der Waals surface area contributed by atoms with E-state index in [1.54, 1.807) is 5.56 Å². The molecule has 0 radical (unpaired) electrons. The van der Waals surface area contributed by atoms with Gasteiger partial charge in [0, 0.05) is 0 Å².